The van der Waals surface area contributed by atoms with E-state index < -0.39 is 0 Å². The molecular weight excluding hydrogens is 228 g/mol. The average Bonchev–Trinajstić information content (AvgIpc) is 2.41. The summed E-state index contributed by atoms with van der Waals surface area (Å²) in [4.78, 5) is 2.39. The summed E-state index contributed by atoms with van der Waals surface area (Å²) in [5, 5.41) is 3.48. The van der Waals surface area contributed by atoms with Crippen LogP contribution in [0.5, 0.6) is 11.5 Å². The van der Waals surface area contributed by atoms with E-state index in [0.29, 0.717) is 12.1 Å². The molecule has 0 spiro atoms. The van der Waals surface area contributed by atoms with Gasteiger partial charge in [-0.05, 0) is 26.0 Å². The molecule has 1 heterocycles. The van der Waals surface area contributed by atoms with Gasteiger partial charge in [0.25, 0.3) is 0 Å². The Kier molecular flexibility index (Phi) is 3.97. The van der Waals surface area contributed by atoms with Crippen LogP contribution in [0.4, 0.5) is 5.69 Å². The van der Waals surface area contributed by atoms with Crippen LogP contribution in [0.2, 0.25) is 0 Å². The Morgan fingerprint density at radius 1 is 1.22 bits per heavy atom. The minimum atomic E-state index is 0.462. The van der Waals surface area contributed by atoms with Crippen molar-refractivity contribution in [1.82, 2.24) is 5.32 Å². The van der Waals surface area contributed by atoms with Crippen LogP contribution < -0.4 is 19.7 Å². The minimum Gasteiger partial charge on any atom is -0.497 e. The summed E-state index contributed by atoms with van der Waals surface area (Å²) in [6.07, 6.45) is 0. The van der Waals surface area contributed by atoms with E-state index >= 15 is 0 Å². The molecule has 0 amide bonds. The second kappa shape index (κ2) is 5.48. The standard InChI is InChI=1S/C14H22N2O2/c1-10-9-16(11(2)8-15-10)13-6-5-12(17-3)7-14(13)18-4/h5-7,10-11,15H,8-9H2,1-4H3. The van der Waals surface area contributed by atoms with Crippen molar-refractivity contribution in [1.29, 1.82) is 0 Å². The van der Waals surface area contributed by atoms with Crippen LogP contribution in [0, 0.1) is 0 Å². The van der Waals surface area contributed by atoms with Crippen LogP contribution in [0.3, 0.4) is 0 Å². The highest BCUT2D eigenvalue weighted by Crippen LogP contribution is 2.34. The monoisotopic (exact) mass is 250 g/mol. The number of hydrogen-bond acceptors (Lipinski definition) is 4. The van der Waals surface area contributed by atoms with Crippen LogP contribution in [-0.4, -0.2) is 39.4 Å². The first-order valence-corrected chi connectivity index (χ1v) is 6.37. The summed E-state index contributed by atoms with van der Waals surface area (Å²) in [5.41, 5.74) is 1.14. The second-order valence-corrected chi connectivity index (χ2v) is 4.85. The number of nitrogens with zero attached hydrogens (tertiary/aromatic N) is 1. The molecule has 1 aliphatic rings. The molecule has 1 aliphatic heterocycles. The first kappa shape index (κ1) is 13.0. The molecule has 2 rings (SSSR count). The Morgan fingerprint density at radius 2 is 2.00 bits per heavy atom. The van der Waals surface area contributed by atoms with Gasteiger partial charge in [0.1, 0.15) is 11.5 Å². The Hall–Kier alpha value is -1.42. The van der Waals surface area contributed by atoms with Crippen molar-refractivity contribution < 1.29 is 9.47 Å². The fraction of sp³-hybridized carbons (Fsp3) is 0.571. The van der Waals surface area contributed by atoms with Gasteiger partial charge in [0.05, 0.1) is 19.9 Å². The molecule has 0 radical (unpaired) electrons. The van der Waals surface area contributed by atoms with Crippen LogP contribution in [0.15, 0.2) is 18.2 Å². The Balaban J connectivity index is 2.30. The van der Waals surface area contributed by atoms with E-state index in [9.17, 15) is 0 Å². The van der Waals surface area contributed by atoms with E-state index in [1.807, 2.05) is 12.1 Å². The van der Waals surface area contributed by atoms with Gasteiger partial charge in [-0.2, -0.15) is 0 Å². The van der Waals surface area contributed by atoms with Gasteiger partial charge in [-0.1, -0.05) is 0 Å². The SMILES string of the molecule is COc1ccc(N2CC(C)NCC2C)c(OC)c1. The van der Waals surface area contributed by atoms with Gasteiger partial charge in [0.2, 0.25) is 0 Å². The van der Waals surface area contributed by atoms with Gasteiger partial charge in [0.15, 0.2) is 0 Å². The molecule has 0 aromatic heterocycles. The zero-order chi connectivity index (χ0) is 13.1. The smallest absolute Gasteiger partial charge is 0.145 e. The van der Waals surface area contributed by atoms with Gasteiger partial charge < -0.3 is 19.7 Å². The van der Waals surface area contributed by atoms with Crippen molar-refractivity contribution in [3.8, 4) is 11.5 Å². The van der Waals surface area contributed by atoms with Crippen molar-refractivity contribution >= 4 is 5.69 Å². The van der Waals surface area contributed by atoms with Gasteiger partial charge in [-0.15, -0.1) is 0 Å². The summed E-state index contributed by atoms with van der Waals surface area (Å²) in [7, 11) is 3.37. The van der Waals surface area contributed by atoms with E-state index in [-0.39, 0.29) is 0 Å². The third kappa shape index (κ3) is 2.53. The van der Waals surface area contributed by atoms with Crippen LogP contribution in [-0.2, 0) is 0 Å². The van der Waals surface area contributed by atoms with Crippen molar-refractivity contribution in [3.63, 3.8) is 0 Å². The molecule has 0 aliphatic carbocycles. The highest BCUT2D eigenvalue weighted by molar-refractivity contribution is 5.62. The lowest BCUT2D eigenvalue weighted by atomic mass is 10.1. The largest absolute Gasteiger partial charge is 0.497 e. The molecule has 1 aromatic carbocycles. The van der Waals surface area contributed by atoms with Gasteiger partial charge in [-0.25, -0.2) is 0 Å². The zero-order valence-corrected chi connectivity index (χ0v) is 11.6. The maximum Gasteiger partial charge on any atom is 0.145 e. The van der Waals surface area contributed by atoms with E-state index in [1.54, 1.807) is 14.2 Å². The Bertz CT molecular complexity index is 409. The molecule has 0 saturated carbocycles. The molecule has 100 valence electrons. The van der Waals surface area contributed by atoms with E-state index in [1.165, 1.54) is 0 Å². The summed E-state index contributed by atoms with van der Waals surface area (Å²) in [6.45, 7) is 6.41. The van der Waals surface area contributed by atoms with E-state index in [2.05, 4.69) is 30.1 Å². The maximum atomic E-state index is 5.48. The average molecular weight is 250 g/mol. The summed E-state index contributed by atoms with van der Waals surface area (Å²) >= 11 is 0. The first-order valence-electron chi connectivity index (χ1n) is 6.37. The normalized spacial score (nSPS) is 23.9. The maximum absolute atomic E-state index is 5.48. The molecule has 1 aromatic rings. The third-order valence-corrected chi connectivity index (χ3v) is 3.46. The summed E-state index contributed by atoms with van der Waals surface area (Å²) < 4.78 is 10.7. The van der Waals surface area contributed by atoms with Gasteiger partial charge >= 0.3 is 0 Å². The first-order chi connectivity index (χ1) is 8.65. The molecule has 1 fully saturated rings. The number of ether oxygens (including phenoxy) is 2. The number of anilines is 1. The predicted molar refractivity (Wildman–Crippen MR) is 73.8 cm³/mol. The molecule has 18 heavy (non-hydrogen) atoms. The molecular formula is C14H22N2O2. The lowest BCUT2D eigenvalue weighted by Gasteiger charge is -2.39. The highest BCUT2D eigenvalue weighted by Gasteiger charge is 2.24. The van der Waals surface area contributed by atoms with Gasteiger partial charge in [-0.3, -0.25) is 0 Å². The molecule has 1 saturated heterocycles. The summed E-state index contributed by atoms with van der Waals surface area (Å²) in [5.74, 6) is 1.70. The number of nitrogens with one attached hydrogen (secondary N) is 1. The van der Waals surface area contributed by atoms with Crippen molar-refractivity contribution in [2.75, 3.05) is 32.2 Å². The van der Waals surface area contributed by atoms with Crippen molar-refractivity contribution in [2.45, 2.75) is 25.9 Å². The number of hydrogen-bond donors (Lipinski definition) is 1. The quantitative estimate of drug-likeness (QED) is 0.888. The van der Waals surface area contributed by atoms with E-state index in [4.69, 9.17) is 9.47 Å². The highest BCUT2D eigenvalue weighted by atomic mass is 16.5. The zero-order valence-electron chi connectivity index (χ0n) is 11.6. The Morgan fingerprint density at radius 3 is 2.67 bits per heavy atom. The number of piperazine rings is 1. The molecule has 2 atom stereocenters. The molecule has 1 N–H and O–H groups in total. The van der Waals surface area contributed by atoms with Crippen molar-refractivity contribution in [3.05, 3.63) is 18.2 Å². The Labute approximate surface area is 109 Å². The fourth-order valence-corrected chi connectivity index (χ4v) is 2.38. The molecule has 4 nitrogen and oxygen atoms in total. The number of methoxy groups -OCH3 is 2. The predicted octanol–water partition coefficient (Wildman–Crippen LogP) is 1.89. The van der Waals surface area contributed by atoms with E-state index in [0.717, 1.165) is 30.3 Å². The lowest BCUT2D eigenvalue weighted by Crippen LogP contribution is -2.54. The molecule has 0 bridgehead atoms. The second-order valence-electron chi connectivity index (χ2n) is 4.85. The topological polar surface area (TPSA) is 33.7 Å². The van der Waals surface area contributed by atoms with Crippen molar-refractivity contribution in [2.24, 2.45) is 0 Å². The number of rotatable bonds is 3. The van der Waals surface area contributed by atoms with Crippen LogP contribution >= 0.6 is 0 Å². The molecule has 2 unspecified atom stereocenters. The van der Waals surface area contributed by atoms with Crippen LogP contribution in [0.1, 0.15) is 13.8 Å². The van der Waals surface area contributed by atoms with Gasteiger partial charge in [0, 0.05) is 31.2 Å². The third-order valence-electron chi connectivity index (χ3n) is 3.46. The minimum absolute atomic E-state index is 0.462. The summed E-state index contributed by atoms with van der Waals surface area (Å²) in [6, 6.07) is 6.95. The molecule has 4 heteroatoms. The lowest BCUT2D eigenvalue weighted by molar-refractivity contribution is 0.385. The van der Waals surface area contributed by atoms with Crippen LogP contribution in [0.25, 0.3) is 0 Å². The fourth-order valence-electron chi connectivity index (χ4n) is 2.38. The number of benzene rings is 1.